The molecule has 0 saturated carbocycles. The van der Waals surface area contributed by atoms with E-state index in [1.807, 2.05) is 0 Å². The highest BCUT2D eigenvalue weighted by Crippen LogP contribution is 2.41. The van der Waals surface area contributed by atoms with Gasteiger partial charge in [-0.3, -0.25) is 0 Å². The Morgan fingerprint density at radius 3 is 2.50 bits per heavy atom. The Bertz CT molecular complexity index is 317. The Morgan fingerprint density at radius 2 is 2.06 bits per heavy atom. The van der Waals surface area contributed by atoms with E-state index < -0.39 is 53.5 Å². The van der Waals surface area contributed by atoms with E-state index in [1.165, 1.54) is 0 Å². The molecule has 1 fully saturated rings. The number of carboxylic acids is 1. The second-order valence-electron chi connectivity index (χ2n) is 4.26. The van der Waals surface area contributed by atoms with Crippen molar-refractivity contribution in [3.05, 3.63) is 0 Å². The minimum atomic E-state index is -2.28. The SMILES string of the molecule is N[C@H]1[C@H]([C@H](O)[C@H](O)CO)S[C@](O)(C(=O)O)C[C@@H]1O. The van der Waals surface area contributed by atoms with E-state index in [1.54, 1.807) is 0 Å². The van der Waals surface area contributed by atoms with Crippen LogP contribution in [-0.2, 0) is 4.79 Å². The molecule has 18 heavy (non-hydrogen) atoms. The zero-order valence-corrected chi connectivity index (χ0v) is 10.2. The van der Waals surface area contributed by atoms with E-state index >= 15 is 0 Å². The van der Waals surface area contributed by atoms with E-state index in [9.17, 15) is 25.2 Å². The fraction of sp³-hybridized carbons (Fsp3) is 0.889. The molecule has 1 saturated heterocycles. The molecule has 0 aromatic heterocycles. The molecule has 0 spiro atoms. The van der Waals surface area contributed by atoms with Crippen molar-refractivity contribution in [2.45, 2.75) is 41.0 Å². The highest BCUT2D eigenvalue weighted by atomic mass is 32.2. The molecule has 1 rings (SSSR count). The van der Waals surface area contributed by atoms with Crippen LogP contribution < -0.4 is 5.73 Å². The molecule has 0 bridgehead atoms. The zero-order chi connectivity index (χ0) is 14.1. The van der Waals surface area contributed by atoms with Crippen LogP contribution in [0.2, 0.25) is 0 Å². The highest BCUT2D eigenvalue weighted by Gasteiger charge is 2.51. The molecular weight excluding hydrogens is 266 g/mol. The van der Waals surface area contributed by atoms with Crippen molar-refractivity contribution >= 4 is 17.7 Å². The monoisotopic (exact) mass is 283 g/mol. The predicted octanol–water partition coefficient (Wildman–Crippen LogP) is -3.33. The summed E-state index contributed by atoms with van der Waals surface area (Å²) >= 11 is 0.455. The third kappa shape index (κ3) is 2.94. The molecule has 0 aliphatic carbocycles. The fourth-order valence-corrected chi connectivity index (χ4v) is 3.23. The molecule has 6 atom stereocenters. The Labute approximate surface area is 107 Å². The molecule has 1 aliphatic heterocycles. The number of hydrogen-bond donors (Lipinski definition) is 7. The lowest BCUT2D eigenvalue weighted by Crippen LogP contribution is -2.60. The van der Waals surface area contributed by atoms with Gasteiger partial charge in [-0.25, -0.2) is 4.79 Å². The number of rotatable bonds is 4. The van der Waals surface area contributed by atoms with Crippen molar-refractivity contribution in [3.8, 4) is 0 Å². The van der Waals surface area contributed by atoms with Crippen LogP contribution in [0.1, 0.15) is 6.42 Å². The summed E-state index contributed by atoms with van der Waals surface area (Å²) in [7, 11) is 0. The first-order chi connectivity index (χ1) is 8.23. The van der Waals surface area contributed by atoms with Crippen molar-refractivity contribution in [3.63, 3.8) is 0 Å². The van der Waals surface area contributed by atoms with Gasteiger partial charge < -0.3 is 36.4 Å². The second kappa shape index (κ2) is 5.70. The Kier molecular flexibility index (Phi) is 4.95. The lowest BCUT2D eigenvalue weighted by atomic mass is 9.95. The normalized spacial score (nSPS) is 40.2. The third-order valence-electron chi connectivity index (χ3n) is 2.89. The molecule has 0 aromatic carbocycles. The minimum absolute atomic E-state index is 0.455. The number of nitrogens with two attached hydrogens (primary N) is 1. The molecule has 8 nitrogen and oxygen atoms in total. The molecule has 106 valence electrons. The molecule has 0 amide bonds. The predicted molar refractivity (Wildman–Crippen MR) is 61.7 cm³/mol. The number of thioether (sulfide) groups is 1. The maximum atomic E-state index is 10.9. The molecule has 0 unspecified atom stereocenters. The molecule has 0 radical (unpaired) electrons. The van der Waals surface area contributed by atoms with Gasteiger partial charge in [0.15, 0.2) is 0 Å². The summed E-state index contributed by atoms with van der Waals surface area (Å²) in [4.78, 5) is 8.64. The summed E-state index contributed by atoms with van der Waals surface area (Å²) in [6.45, 7) is -0.744. The molecular formula is C9H17NO7S. The quantitative estimate of drug-likeness (QED) is 0.279. The van der Waals surface area contributed by atoms with Crippen LogP contribution in [0.4, 0.5) is 0 Å². The van der Waals surface area contributed by atoms with Crippen molar-refractivity contribution in [1.29, 1.82) is 0 Å². The fourth-order valence-electron chi connectivity index (χ4n) is 1.75. The average molecular weight is 283 g/mol. The van der Waals surface area contributed by atoms with Crippen molar-refractivity contribution in [1.82, 2.24) is 0 Å². The molecule has 0 aromatic rings. The average Bonchev–Trinajstić information content (AvgIpc) is 2.31. The van der Waals surface area contributed by atoms with Crippen LogP contribution in [0.3, 0.4) is 0 Å². The van der Waals surface area contributed by atoms with E-state index in [4.69, 9.17) is 15.9 Å². The summed E-state index contributed by atoms with van der Waals surface area (Å²) in [5.41, 5.74) is 5.61. The first-order valence-electron chi connectivity index (χ1n) is 5.27. The molecule has 9 heteroatoms. The number of aliphatic hydroxyl groups is 5. The first kappa shape index (κ1) is 15.6. The van der Waals surface area contributed by atoms with E-state index in [0.29, 0.717) is 11.8 Å². The van der Waals surface area contributed by atoms with Crippen LogP contribution in [0.15, 0.2) is 0 Å². The van der Waals surface area contributed by atoms with Crippen molar-refractivity contribution in [2.75, 3.05) is 6.61 Å². The van der Waals surface area contributed by atoms with Gasteiger partial charge >= 0.3 is 5.97 Å². The van der Waals surface area contributed by atoms with Crippen molar-refractivity contribution in [2.24, 2.45) is 5.73 Å². The van der Waals surface area contributed by atoms with E-state index in [-0.39, 0.29) is 0 Å². The maximum absolute atomic E-state index is 10.9. The smallest absolute Gasteiger partial charge is 0.346 e. The standard InChI is InChI=1S/C9H17NO7S/c10-5-3(12)1-9(17,8(15)16)18-7(5)6(14)4(13)2-11/h3-7,11-14,17H,1-2,10H2,(H,15,16)/t3-,4+,5+,6+,7+,9-/m0/s1. The zero-order valence-electron chi connectivity index (χ0n) is 9.38. The summed E-state index contributed by atoms with van der Waals surface area (Å²) in [5, 5.41) is 54.9. The number of aliphatic carboxylic acids is 1. The Balaban J connectivity index is 2.92. The van der Waals surface area contributed by atoms with E-state index in [0.717, 1.165) is 0 Å². The van der Waals surface area contributed by atoms with Gasteiger partial charge in [-0.1, -0.05) is 0 Å². The molecule has 8 N–H and O–H groups in total. The summed E-state index contributed by atoms with van der Waals surface area (Å²) in [6.07, 6.45) is -4.90. The minimum Gasteiger partial charge on any atom is -0.478 e. The largest absolute Gasteiger partial charge is 0.478 e. The number of carboxylic acid groups (broad SMARTS) is 1. The molecule has 1 heterocycles. The molecule has 1 aliphatic rings. The van der Waals surface area contributed by atoms with Gasteiger partial charge in [-0.2, -0.15) is 0 Å². The lowest BCUT2D eigenvalue weighted by Gasteiger charge is -2.42. The third-order valence-corrected chi connectivity index (χ3v) is 4.49. The topological polar surface area (TPSA) is 164 Å². The van der Waals surface area contributed by atoms with E-state index in [2.05, 4.69) is 0 Å². The van der Waals surface area contributed by atoms with Gasteiger partial charge in [-0.15, -0.1) is 11.8 Å². The Morgan fingerprint density at radius 1 is 1.50 bits per heavy atom. The van der Waals surface area contributed by atoms with Crippen LogP contribution in [0.25, 0.3) is 0 Å². The van der Waals surface area contributed by atoms with Crippen LogP contribution in [-0.4, -0.2) is 77.8 Å². The van der Waals surface area contributed by atoms with Gasteiger partial charge in [0.1, 0.15) is 6.10 Å². The highest BCUT2D eigenvalue weighted by molar-refractivity contribution is 8.01. The van der Waals surface area contributed by atoms with Gasteiger partial charge in [0.2, 0.25) is 4.93 Å². The van der Waals surface area contributed by atoms with Gasteiger partial charge in [0, 0.05) is 12.5 Å². The van der Waals surface area contributed by atoms with Gasteiger partial charge in [-0.05, 0) is 0 Å². The van der Waals surface area contributed by atoms with Crippen LogP contribution >= 0.6 is 11.8 Å². The lowest BCUT2D eigenvalue weighted by molar-refractivity contribution is -0.152. The second-order valence-corrected chi connectivity index (χ2v) is 5.72. The summed E-state index contributed by atoms with van der Waals surface area (Å²) in [6, 6.07) is -1.02. The van der Waals surface area contributed by atoms with Gasteiger partial charge in [0.25, 0.3) is 0 Å². The maximum Gasteiger partial charge on any atom is 0.346 e. The Hall–Kier alpha value is -0.420. The van der Waals surface area contributed by atoms with Gasteiger partial charge in [0.05, 0.1) is 24.1 Å². The number of aliphatic hydroxyl groups excluding tert-OH is 4. The van der Waals surface area contributed by atoms with Crippen LogP contribution in [0.5, 0.6) is 0 Å². The first-order valence-corrected chi connectivity index (χ1v) is 6.15. The number of hydrogen-bond acceptors (Lipinski definition) is 8. The van der Waals surface area contributed by atoms with Crippen molar-refractivity contribution < 1.29 is 35.4 Å². The van der Waals surface area contributed by atoms with Crippen LogP contribution in [0, 0.1) is 0 Å². The number of carbonyl (C=O) groups is 1. The summed E-state index contributed by atoms with van der Waals surface area (Å²) in [5.74, 6) is -1.56. The summed E-state index contributed by atoms with van der Waals surface area (Å²) < 4.78 is 0.